The lowest BCUT2D eigenvalue weighted by Crippen LogP contribution is -2.36. The fourth-order valence-corrected chi connectivity index (χ4v) is 3.91. The van der Waals surface area contributed by atoms with Gasteiger partial charge in [-0.3, -0.25) is 14.5 Å². The van der Waals surface area contributed by atoms with Crippen LogP contribution in [0.25, 0.3) is 6.08 Å². The van der Waals surface area contributed by atoms with E-state index < -0.39 is 5.97 Å². The van der Waals surface area contributed by atoms with Gasteiger partial charge in [0.05, 0.1) is 11.2 Å². The molecule has 1 aromatic heterocycles. The molecule has 7 heteroatoms. The van der Waals surface area contributed by atoms with E-state index in [-0.39, 0.29) is 18.6 Å². The molecule has 1 saturated heterocycles. The molecule has 1 aliphatic heterocycles. The van der Waals surface area contributed by atoms with Crippen molar-refractivity contribution in [1.82, 2.24) is 4.90 Å². The number of amides is 1. The molecule has 0 unspecified atom stereocenters. The molecule has 2 heterocycles. The molecule has 1 aromatic rings. The number of nitrogens with zero attached hydrogens (tertiary/aromatic N) is 1. The highest BCUT2D eigenvalue weighted by molar-refractivity contribution is 8.26. The van der Waals surface area contributed by atoms with Crippen LogP contribution in [-0.4, -0.2) is 33.7 Å². The average molecular weight is 351 g/mol. The Labute approximate surface area is 144 Å². The second kappa shape index (κ2) is 7.31. The number of thiocarbonyl (C=S) groups is 1. The van der Waals surface area contributed by atoms with Crippen molar-refractivity contribution < 1.29 is 18.7 Å². The summed E-state index contributed by atoms with van der Waals surface area (Å²) in [6.07, 6.45) is 8.33. The van der Waals surface area contributed by atoms with E-state index in [0.29, 0.717) is 15.0 Å². The van der Waals surface area contributed by atoms with Gasteiger partial charge in [-0.15, -0.1) is 0 Å². The zero-order valence-corrected chi connectivity index (χ0v) is 14.2. The lowest BCUT2D eigenvalue weighted by molar-refractivity contribution is -0.152. The molecule has 1 saturated carbocycles. The number of carbonyl (C=O) groups excluding carboxylic acids is 2. The highest BCUT2D eigenvalue weighted by Gasteiger charge is 2.34. The van der Waals surface area contributed by atoms with Gasteiger partial charge in [-0.05, 0) is 37.8 Å². The number of rotatable bonds is 4. The summed E-state index contributed by atoms with van der Waals surface area (Å²) in [7, 11) is 0. The Balaban J connectivity index is 1.60. The third-order valence-electron chi connectivity index (χ3n) is 3.83. The monoisotopic (exact) mass is 351 g/mol. The van der Waals surface area contributed by atoms with Crippen LogP contribution in [0.3, 0.4) is 0 Å². The first-order chi connectivity index (χ1) is 11.1. The van der Waals surface area contributed by atoms with E-state index in [2.05, 4.69) is 0 Å². The van der Waals surface area contributed by atoms with Crippen molar-refractivity contribution in [2.45, 2.75) is 38.2 Å². The SMILES string of the molecule is O=C(CN1C(=O)/C(=C\c2ccco2)SC1=S)OC1CCCCC1. The Hall–Kier alpha value is -1.60. The lowest BCUT2D eigenvalue weighted by Gasteiger charge is -2.23. The predicted molar refractivity (Wildman–Crippen MR) is 91.6 cm³/mol. The number of thioether (sulfide) groups is 1. The molecule has 23 heavy (non-hydrogen) atoms. The molecule has 1 aliphatic carbocycles. The normalized spacial score (nSPS) is 21.2. The minimum absolute atomic E-state index is 0.0201. The molecule has 122 valence electrons. The Morgan fingerprint density at radius 2 is 2.22 bits per heavy atom. The van der Waals surface area contributed by atoms with E-state index in [1.54, 1.807) is 18.2 Å². The summed E-state index contributed by atoms with van der Waals surface area (Å²) in [5.41, 5.74) is 0. The van der Waals surface area contributed by atoms with Gasteiger partial charge >= 0.3 is 5.97 Å². The molecule has 0 atom stereocenters. The van der Waals surface area contributed by atoms with Gasteiger partial charge in [-0.2, -0.15) is 0 Å². The third kappa shape index (κ3) is 4.03. The highest BCUT2D eigenvalue weighted by atomic mass is 32.2. The molecule has 0 spiro atoms. The third-order valence-corrected chi connectivity index (χ3v) is 5.21. The Kier molecular flexibility index (Phi) is 5.17. The average Bonchev–Trinajstić information content (AvgIpc) is 3.13. The minimum atomic E-state index is -0.396. The van der Waals surface area contributed by atoms with E-state index >= 15 is 0 Å². The topological polar surface area (TPSA) is 59.8 Å². The fraction of sp³-hybridized carbons (Fsp3) is 0.438. The molecule has 2 fully saturated rings. The van der Waals surface area contributed by atoms with E-state index in [4.69, 9.17) is 21.4 Å². The van der Waals surface area contributed by atoms with E-state index in [1.165, 1.54) is 29.3 Å². The number of furan rings is 1. The standard InChI is InChI=1S/C16H17NO4S2/c18-14(21-11-5-2-1-3-6-11)10-17-15(19)13(23-16(17)22)9-12-7-4-8-20-12/h4,7-9,11H,1-3,5-6,10H2/b13-9+. The number of carbonyl (C=O) groups is 2. The van der Waals surface area contributed by atoms with Crippen LogP contribution in [0.15, 0.2) is 27.7 Å². The summed E-state index contributed by atoms with van der Waals surface area (Å²) < 4.78 is 11.0. The van der Waals surface area contributed by atoms with Crippen LogP contribution >= 0.6 is 24.0 Å². The summed E-state index contributed by atoms with van der Waals surface area (Å²) in [5.74, 6) is -0.0975. The second-order valence-corrected chi connectivity index (χ2v) is 7.21. The van der Waals surface area contributed by atoms with Crippen LogP contribution in [-0.2, 0) is 14.3 Å². The summed E-state index contributed by atoms with van der Waals surface area (Å²) in [6.45, 7) is -0.128. The van der Waals surface area contributed by atoms with Crippen LogP contribution in [0.1, 0.15) is 37.9 Å². The van der Waals surface area contributed by atoms with Crippen LogP contribution in [0, 0.1) is 0 Å². The largest absolute Gasteiger partial charge is 0.465 e. The van der Waals surface area contributed by atoms with Crippen molar-refractivity contribution in [3.63, 3.8) is 0 Å². The predicted octanol–water partition coefficient (Wildman–Crippen LogP) is 3.36. The van der Waals surface area contributed by atoms with Crippen molar-refractivity contribution in [1.29, 1.82) is 0 Å². The van der Waals surface area contributed by atoms with Gasteiger partial charge in [0.15, 0.2) is 0 Å². The summed E-state index contributed by atoms with van der Waals surface area (Å²) in [5, 5.41) is 0. The molecule has 0 N–H and O–H groups in total. The van der Waals surface area contributed by atoms with Crippen LogP contribution in [0.4, 0.5) is 0 Å². The van der Waals surface area contributed by atoms with Crippen LogP contribution < -0.4 is 0 Å². The van der Waals surface area contributed by atoms with Crippen molar-refractivity contribution in [2.75, 3.05) is 6.54 Å². The van der Waals surface area contributed by atoms with Gasteiger partial charge < -0.3 is 9.15 Å². The molecule has 0 aromatic carbocycles. The van der Waals surface area contributed by atoms with E-state index in [1.807, 2.05) is 0 Å². The number of ether oxygens (including phenoxy) is 1. The first-order valence-electron chi connectivity index (χ1n) is 7.62. The molecular formula is C16H17NO4S2. The Morgan fingerprint density at radius 1 is 1.43 bits per heavy atom. The lowest BCUT2D eigenvalue weighted by atomic mass is 9.98. The first-order valence-corrected chi connectivity index (χ1v) is 8.84. The van der Waals surface area contributed by atoms with Crippen molar-refractivity contribution in [3.05, 3.63) is 29.1 Å². The van der Waals surface area contributed by atoms with E-state index in [9.17, 15) is 9.59 Å². The molecule has 0 radical (unpaired) electrons. The smallest absolute Gasteiger partial charge is 0.326 e. The molecule has 2 aliphatic rings. The van der Waals surface area contributed by atoms with Gasteiger partial charge in [0.2, 0.25) is 0 Å². The van der Waals surface area contributed by atoms with Crippen molar-refractivity contribution in [2.24, 2.45) is 0 Å². The van der Waals surface area contributed by atoms with Gasteiger partial charge in [0.1, 0.15) is 22.7 Å². The molecule has 1 amide bonds. The quantitative estimate of drug-likeness (QED) is 0.471. The Morgan fingerprint density at radius 3 is 2.91 bits per heavy atom. The van der Waals surface area contributed by atoms with Crippen LogP contribution in [0.2, 0.25) is 0 Å². The van der Waals surface area contributed by atoms with Crippen molar-refractivity contribution >= 4 is 46.3 Å². The fourth-order valence-electron chi connectivity index (χ4n) is 2.67. The maximum absolute atomic E-state index is 12.4. The van der Waals surface area contributed by atoms with Gasteiger partial charge in [0, 0.05) is 6.08 Å². The minimum Gasteiger partial charge on any atom is -0.465 e. The first kappa shape index (κ1) is 16.3. The van der Waals surface area contributed by atoms with Gasteiger partial charge in [0.25, 0.3) is 5.91 Å². The molecule has 3 rings (SSSR count). The zero-order chi connectivity index (χ0) is 16.2. The second-order valence-electron chi connectivity index (χ2n) is 5.53. The van der Waals surface area contributed by atoms with Gasteiger partial charge in [-0.25, -0.2) is 0 Å². The Bertz CT molecular complexity index is 633. The van der Waals surface area contributed by atoms with E-state index in [0.717, 1.165) is 25.7 Å². The van der Waals surface area contributed by atoms with Gasteiger partial charge in [-0.1, -0.05) is 30.4 Å². The van der Waals surface area contributed by atoms with Crippen molar-refractivity contribution in [3.8, 4) is 0 Å². The van der Waals surface area contributed by atoms with Crippen LogP contribution in [0.5, 0.6) is 0 Å². The number of esters is 1. The summed E-state index contributed by atoms with van der Waals surface area (Å²) in [6, 6.07) is 3.50. The summed E-state index contributed by atoms with van der Waals surface area (Å²) in [4.78, 5) is 26.2. The highest BCUT2D eigenvalue weighted by Crippen LogP contribution is 2.32. The zero-order valence-electron chi connectivity index (χ0n) is 12.5. The maximum Gasteiger partial charge on any atom is 0.326 e. The molecule has 0 bridgehead atoms. The molecule has 5 nitrogen and oxygen atoms in total. The maximum atomic E-state index is 12.4. The number of hydrogen-bond acceptors (Lipinski definition) is 6. The summed E-state index contributed by atoms with van der Waals surface area (Å²) >= 11 is 6.37. The number of hydrogen-bond donors (Lipinski definition) is 0. The molecular weight excluding hydrogens is 334 g/mol.